The molecule has 0 aromatic carbocycles. The van der Waals surface area contributed by atoms with Crippen LogP contribution in [-0.4, -0.2) is 38.5 Å². The maximum Gasteiger partial charge on any atom is 0.106 e. The van der Waals surface area contributed by atoms with Gasteiger partial charge < -0.3 is 14.5 Å². The molecule has 0 aliphatic heterocycles. The lowest BCUT2D eigenvalue weighted by atomic mass is 9.99. The van der Waals surface area contributed by atoms with Gasteiger partial charge in [-0.1, -0.05) is 36.2 Å². The second-order valence-electron chi connectivity index (χ2n) is 4.95. The van der Waals surface area contributed by atoms with Gasteiger partial charge in [0.2, 0.25) is 0 Å². The average Bonchev–Trinajstić information content (AvgIpc) is 2.46. The molecule has 0 fully saturated rings. The molecule has 21 heavy (non-hydrogen) atoms. The molecule has 0 saturated carbocycles. The third-order valence-electron chi connectivity index (χ3n) is 3.10. The van der Waals surface area contributed by atoms with Crippen LogP contribution in [0.4, 0.5) is 0 Å². The summed E-state index contributed by atoms with van der Waals surface area (Å²) in [5.74, 6) is 0.356. The van der Waals surface area contributed by atoms with Gasteiger partial charge >= 0.3 is 0 Å². The molecular formula is C15H29N3O3. The van der Waals surface area contributed by atoms with Crippen molar-refractivity contribution < 1.29 is 14.5 Å². The van der Waals surface area contributed by atoms with Crippen molar-refractivity contribution in [3.8, 4) is 0 Å². The zero-order valence-corrected chi connectivity index (χ0v) is 14.2. The van der Waals surface area contributed by atoms with Crippen molar-refractivity contribution in [3.63, 3.8) is 0 Å². The van der Waals surface area contributed by atoms with Gasteiger partial charge in [0, 0.05) is 0 Å². The van der Waals surface area contributed by atoms with E-state index < -0.39 is 0 Å². The summed E-state index contributed by atoms with van der Waals surface area (Å²) in [4.78, 5) is 14.6. The standard InChI is InChI=1S/C15H29N3O3/c1-7-13(16-19-4)8-9-14(17-20-5)10-11-15(12(2)3)18-21-6/h12H,7-11H2,1-6H3/b16-13+,17-14+,18-15-. The molecule has 6 heteroatoms. The summed E-state index contributed by atoms with van der Waals surface area (Å²) in [6, 6.07) is 0. The van der Waals surface area contributed by atoms with E-state index in [1.165, 1.54) is 0 Å². The molecule has 0 bridgehead atoms. The first kappa shape index (κ1) is 19.4. The summed E-state index contributed by atoms with van der Waals surface area (Å²) in [6.45, 7) is 6.27. The van der Waals surface area contributed by atoms with Gasteiger partial charge in [-0.25, -0.2) is 0 Å². The summed E-state index contributed by atoms with van der Waals surface area (Å²) in [7, 11) is 4.70. The van der Waals surface area contributed by atoms with Crippen LogP contribution in [0.25, 0.3) is 0 Å². The molecule has 0 amide bonds. The Morgan fingerprint density at radius 3 is 1.71 bits per heavy atom. The van der Waals surface area contributed by atoms with Gasteiger partial charge in [0.1, 0.15) is 21.3 Å². The van der Waals surface area contributed by atoms with Gasteiger partial charge in [-0.2, -0.15) is 0 Å². The number of hydrogen-bond donors (Lipinski definition) is 0. The van der Waals surface area contributed by atoms with E-state index in [4.69, 9.17) is 14.5 Å². The molecule has 122 valence electrons. The van der Waals surface area contributed by atoms with Crippen LogP contribution in [0.3, 0.4) is 0 Å². The predicted octanol–water partition coefficient (Wildman–Crippen LogP) is 3.62. The average molecular weight is 299 g/mol. The molecule has 0 unspecified atom stereocenters. The van der Waals surface area contributed by atoms with Gasteiger partial charge in [-0.3, -0.25) is 0 Å². The second-order valence-corrected chi connectivity index (χ2v) is 4.95. The second kappa shape index (κ2) is 12.2. The normalized spacial score (nSPS) is 13.6. The van der Waals surface area contributed by atoms with E-state index in [9.17, 15) is 0 Å². The van der Waals surface area contributed by atoms with Crippen molar-refractivity contribution in [1.29, 1.82) is 0 Å². The highest BCUT2D eigenvalue weighted by molar-refractivity contribution is 5.94. The summed E-state index contributed by atoms with van der Waals surface area (Å²) in [5, 5.41) is 12.2. The minimum absolute atomic E-state index is 0.356. The van der Waals surface area contributed by atoms with Gasteiger partial charge in [0.15, 0.2) is 0 Å². The molecule has 0 rings (SSSR count). The molecule has 6 nitrogen and oxygen atoms in total. The first-order valence-corrected chi connectivity index (χ1v) is 7.36. The molecule has 0 aliphatic carbocycles. The zero-order valence-electron chi connectivity index (χ0n) is 14.2. The first-order valence-electron chi connectivity index (χ1n) is 7.36. The highest BCUT2D eigenvalue weighted by atomic mass is 16.6. The highest BCUT2D eigenvalue weighted by Gasteiger charge is 2.10. The number of rotatable bonds is 11. The lowest BCUT2D eigenvalue weighted by Crippen LogP contribution is -2.12. The van der Waals surface area contributed by atoms with E-state index in [1.807, 2.05) is 0 Å². The Bertz CT molecular complexity index is 363. The fourth-order valence-corrected chi connectivity index (χ4v) is 1.88. The topological polar surface area (TPSA) is 64.8 Å². The largest absolute Gasteiger partial charge is 0.399 e. The van der Waals surface area contributed by atoms with E-state index in [0.29, 0.717) is 5.92 Å². The van der Waals surface area contributed by atoms with Crippen molar-refractivity contribution in [2.24, 2.45) is 21.4 Å². The lowest BCUT2D eigenvalue weighted by Gasteiger charge is -2.10. The predicted molar refractivity (Wildman–Crippen MR) is 86.9 cm³/mol. The highest BCUT2D eigenvalue weighted by Crippen LogP contribution is 2.10. The zero-order chi connectivity index (χ0) is 16.1. The molecule has 0 radical (unpaired) electrons. The SMILES string of the molecule is CC/C(CC/C(CC/C(=N/OC)C(C)C)=N\OC)=N\OC. The molecule has 0 aliphatic rings. The Balaban J connectivity index is 4.54. The van der Waals surface area contributed by atoms with Crippen molar-refractivity contribution in [3.05, 3.63) is 0 Å². The molecular weight excluding hydrogens is 270 g/mol. The monoisotopic (exact) mass is 299 g/mol. The maximum absolute atomic E-state index is 4.93. The molecule has 0 aromatic rings. The Morgan fingerprint density at radius 1 is 0.762 bits per heavy atom. The van der Waals surface area contributed by atoms with Crippen LogP contribution in [0, 0.1) is 5.92 Å². The van der Waals surface area contributed by atoms with Crippen molar-refractivity contribution >= 4 is 17.1 Å². The van der Waals surface area contributed by atoms with Crippen LogP contribution in [0.1, 0.15) is 52.9 Å². The number of nitrogens with zero attached hydrogens (tertiary/aromatic N) is 3. The van der Waals surface area contributed by atoms with Gasteiger partial charge in [0.05, 0.1) is 17.1 Å². The Morgan fingerprint density at radius 2 is 1.24 bits per heavy atom. The molecule has 0 atom stereocenters. The van der Waals surface area contributed by atoms with E-state index in [-0.39, 0.29) is 0 Å². The fraction of sp³-hybridized carbons (Fsp3) is 0.800. The maximum atomic E-state index is 4.93. The minimum Gasteiger partial charge on any atom is -0.399 e. The Labute approximate surface area is 128 Å². The van der Waals surface area contributed by atoms with Crippen LogP contribution >= 0.6 is 0 Å². The Hall–Kier alpha value is -1.59. The van der Waals surface area contributed by atoms with Crippen LogP contribution in [0.15, 0.2) is 15.5 Å². The minimum atomic E-state index is 0.356. The third-order valence-corrected chi connectivity index (χ3v) is 3.10. The van der Waals surface area contributed by atoms with Gasteiger partial charge in [0.25, 0.3) is 0 Å². The lowest BCUT2D eigenvalue weighted by molar-refractivity contribution is 0.209. The van der Waals surface area contributed by atoms with Crippen LogP contribution in [-0.2, 0) is 14.5 Å². The summed E-state index contributed by atoms with van der Waals surface area (Å²) in [6.07, 6.45) is 4.12. The van der Waals surface area contributed by atoms with Crippen LogP contribution < -0.4 is 0 Å². The molecule has 0 heterocycles. The molecule has 0 spiro atoms. The fourth-order valence-electron chi connectivity index (χ4n) is 1.88. The number of oxime groups is 3. The van der Waals surface area contributed by atoms with E-state index in [2.05, 4.69) is 36.2 Å². The summed E-state index contributed by atoms with van der Waals surface area (Å²) in [5.41, 5.74) is 3.05. The quantitative estimate of drug-likeness (QED) is 0.432. The van der Waals surface area contributed by atoms with Crippen LogP contribution in [0.2, 0.25) is 0 Å². The number of hydrogen-bond acceptors (Lipinski definition) is 6. The molecule has 0 N–H and O–H groups in total. The van der Waals surface area contributed by atoms with Crippen LogP contribution in [0.5, 0.6) is 0 Å². The molecule has 0 aromatic heterocycles. The first-order chi connectivity index (χ1) is 10.1. The van der Waals surface area contributed by atoms with Crippen molar-refractivity contribution in [2.45, 2.75) is 52.9 Å². The molecule has 0 saturated heterocycles. The Kier molecular flexibility index (Phi) is 11.3. The smallest absolute Gasteiger partial charge is 0.106 e. The summed E-state index contributed by atoms with van der Waals surface area (Å²) < 4.78 is 0. The van der Waals surface area contributed by atoms with Crippen molar-refractivity contribution in [2.75, 3.05) is 21.3 Å². The van der Waals surface area contributed by atoms with E-state index in [0.717, 1.165) is 49.2 Å². The van der Waals surface area contributed by atoms with Crippen molar-refractivity contribution in [1.82, 2.24) is 0 Å². The third kappa shape index (κ3) is 9.05. The van der Waals surface area contributed by atoms with Gasteiger partial charge in [-0.05, 0) is 38.0 Å². The van der Waals surface area contributed by atoms with Gasteiger partial charge in [-0.15, -0.1) is 0 Å². The summed E-state index contributed by atoms with van der Waals surface area (Å²) >= 11 is 0. The van der Waals surface area contributed by atoms with E-state index >= 15 is 0 Å². The van der Waals surface area contributed by atoms with E-state index in [1.54, 1.807) is 21.3 Å².